The summed E-state index contributed by atoms with van der Waals surface area (Å²) in [4.78, 5) is 21.6. The minimum Gasteiger partial charge on any atom is -0.478 e. The Morgan fingerprint density at radius 1 is 1.12 bits per heavy atom. The highest BCUT2D eigenvalue weighted by Gasteiger charge is 2.11. The molecule has 3 N–H and O–H groups in total. The van der Waals surface area contributed by atoms with E-state index >= 15 is 0 Å². The fourth-order valence-electron chi connectivity index (χ4n) is 1.34. The average Bonchev–Trinajstić information content (AvgIpc) is 2.28. The maximum absolute atomic E-state index is 9.55. The molecule has 1 fully saturated rings. The molecule has 17 heavy (non-hydrogen) atoms. The van der Waals surface area contributed by atoms with Crippen LogP contribution in [-0.4, -0.2) is 59.3 Å². The summed E-state index contributed by atoms with van der Waals surface area (Å²) in [5.41, 5.74) is 0. The van der Waals surface area contributed by atoms with Crippen LogP contribution in [0, 0.1) is 0 Å². The topological polar surface area (TPSA) is 89.9 Å². The molecule has 1 rings (SSSR count). The van der Waals surface area contributed by atoms with E-state index in [1.807, 2.05) is 0 Å². The maximum atomic E-state index is 9.55. The lowest BCUT2D eigenvalue weighted by Crippen LogP contribution is -2.46. The predicted molar refractivity (Wildman–Crippen MR) is 64.0 cm³/mol. The summed E-state index contributed by atoms with van der Waals surface area (Å²) in [5, 5.41) is 19.0. The number of rotatable bonds is 3. The van der Waals surface area contributed by atoms with Crippen LogP contribution >= 0.6 is 0 Å². The van der Waals surface area contributed by atoms with Gasteiger partial charge in [0.25, 0.3) is 0 Å². The molecule has 0 aromatic heterocycles. The first-order valence-electron chi connectivity index (χ1n) is 5.52. The third-order valence-electron chi connectivity index (χ3n) is 2.25. The monoisotopic (exact) mass is 244 g/mol. The van der Waals surface area contributed by atoms with Crippen molar-refractivity contribution >= 4 is 11.9 Å². The Morgan fingerprint density at radius 2 is 1.53 bits per heavy atom. The Hall–Kier alpha value is -1.40. The standard InChI is InChI=1S/C7H16N2.C4H4O4/c1-7(2)9-5-3-8-4-6-9;5-3(6)1-2-4(7)8/h7-8H,3-6H2,1-2H3;1-2H,(H,5,6)(H,7,8). The summed E-state index contributed by atoms with van der Waals surface area (Å²) in [6.07, 6.45) is 1.12. The van der Waals surface area contributed by atoms with Crippen molar-refractivity contribution in [3.63, 3.8) is 0 Å². The Bertz CT molecular complexity index is 255. The number of aliphatic carboxylic acids is 2. The van der Waals surface area contributed by atoms with Crippen LogP contribution < -0.4 is 5.32 Å². The number of nitrogens with one attached hydrogen (secondary N) is 1. The quantitative estimate of drug-likeness (QED) is 0.606. The van der Waals surface area contributed by atoms with Gasteiger partial charge in [-0.2, -0.15) is 0 Å². The van der Waals surface area contributed by atoms with Gasteiger partial charge in [-0.05, 0) is 13.8 Å². The van der Waals surface area contributed by atoms with E-state index in [-0.39, 0.29) is 0 Å². The molecule has 0 bridgehead atoms. The highest BCUT2D eigenvalue weighted by molar-refractivity contribution is 5.89. The molecule has 1 saturated heterocycles. The van der Waals surface area contributed by atoms with Crippen molar-refractivity contribution in [1.82, 2.24) is 10.2 Å². The normalized spacial score (nSPS) is 16.6. The number of carboxylic acids is 2. The summed E-state index contributed by atoms with van der Waals surface area (Å²) in [6.45, 7) is 9.28. The Morgan fingerprint density at radius 3 is 1.76 bits per heavy atom. The Balaban J connectivity index is 0.000000304. The van der Waals surface area contributed by atoms with Gasteiger partial charge in [0, 0.05) is 44.4 Å². The molecule has 0 amide bonds. The van der Waals surface area contributed by atoms with Crippen LogP contribution in [0.25, 0.3) is 0 Å². The van der Waals surface area contributed by atoms with Crippen LogP contribution in [-0.2, 0) is 9.59 Å². The minimum atomic E-state index is -1.26. The van der Waals surface area contributed by atoms with Crippen molar-refractivity contribution in [3.8, 4) is 0 Å². The summed E-state index contributed by atoms with van der Waals surface area (Å²) in [5.74, 6) is -2.51. The van der Waals surface area contributed by atoms with E-state index in [0.717, 1.165) is 19.1 Å². The summed E-state index contributed by atoms with van der Waals surface area (Å²) < 4.78 is 0. The molecule has 0 aliphatic carbocycles. The van der Waals surface area contributed by atoms with E-state index in [9.17, 15) is 9.59 Å². The van der Waals surface area contributed by atoms with Crippen LogP contribution in [0.5, 0.6) is 0 Å². The van der Waals surface area contributed by atoms with Gasteiger partial charge in [0.2, 0.25) is 0 Å². The van der Waals surface area contributed by atoms with Gasteiger partial charge < -0.3 is 15.5 Å². The highest BCUT2D eigenvalue weighted by atomic mass is 16.4. The van der Waals surface area contributed by atoms with E-state index in [1.165, 1.54) is 13.1 Å². The van der Waals surface area contributed by atoms with Crippen molar-refractivity contribution in [3.05, 3.63) is 12.2 Å². The molecule has 0 atom stereocenters. The number of carboxylic acid groups (broad SMARTS) is 2. The molecule has 6 nitrogen and oxygen atoms in total. The van der Waals surface area contributed by atoms with Gasteiger partial charge >= 0.3 is 11.9 Å². The molecule has 98 valence electrons. The largest absolute Gasteiger partial charge is 0.478 e. The molecular formula is C11H20N2O4. The molecule has 0 radical (unpaired) electrons. The Labute approximate surface area is 101 Å². The number of hydrogen-bond acceptors (Lipinski definition) is 4. The summed E-state index contributed by atoms with van der Waals surface area (Å²) in [6, 6.07) is 0.729. The van der Waals surface area contributed by atoms with Gasteiger partial charge in [-0.3, -0.25) is 4.90 Å². The third kappa shape index (κ3) is 9.52. The van der Waals surface area contributed by atoms with Crippen LogP contribution in [0.3, 0.4) is 0 Å². The molecule has 1 aliphatic rings. The van der Waals surface area contributed by atoms with Crippen LogP contribution in [0.4, 0.5) is 0 Å². The van der Waals surface area contributed by atoms with E-state index in [1.54, 1.807) is 0 Å². The zero-order valence-corrected chi connectivity index (χ0v) is 10.2. The second kappa shape index (κ2) is 8.72. The number of nitrogens with zero attached hydrogens (tertiary/aromatic N) is 1. The van der Waals surface area contributed by atoms with Crippen LogP contribution in [0.2, 0.25) is 0 Å². The van der Waals surface area contributed by atoms with Crippen molar-refractivity contribution in [2.75, 3.05) is 26.2 Å². The molecule has 1 aliphatic heterocycles. The molecule has 1 heterocycles. The lowest BCUT2D eigenvalue weighted by atomic mass is 10.3. The number of piperazine rings is 1. The first kappa shape index (κ1) is 15.6. The Kier molecular flexibility index (Phi) is 8.00. The van der Waals surface area contributed by atoms with Gasteiger partial charge in [-0.1, -0.05) is 0 Å². The molecule has 0 unspecified atom stereocenters. The number of carbonyl (C=O) groups is 2. The molecular weight excluding hydrogens is 224 g/mol. The SMILES string of the molecule is CC(C)N1CCNCC1.O=C(O)C=CC(=O)O. The highest BCUT2D eigenvalue weighted by Crippen LogP contribution is 1.97. The fourth-order valence-corrected chi connectivity index (χ4v) is 1.34. The molecule has 6 heteroatoms. The van der Waals surface area contributed by atoms with Crippen molar-refractivity contribution in [2.24, 2.45) is 0 Å². The minimum absolute atomic E-state index is 0.558. The molecule has 0 aromatic carbocycles. The van der Waals surface area contributed by atoms with Crippen LogP contribution in [0.15, 0.2) is 12.2 Å². The van der Waals surface area contributed by atoms with Gasteiger partial charge in [0.1, 0.15) is 0 Å². The third-order valence-corrected chi connectivity index (χ3v) is 2.25. The average molecular weight is 244 g/mol. The first-order valence-corrected chi connectivity index (χ1v) is 5.52. The van der Waals surface area contributed by atoms with E-state index in [2.05, 4.69) is 24.1 Å². The zero-order valence-electron chi connectivity index (χ0n) is 10.2. The first-order chi connectivity index (χ1) is 7.93. The predicted octanol–water partition coefficient (Wildman–Crippen LogP) is 0.0118. The van der Waals surface area contributed by atoms with Gasteiger partial charge in [0.05, 0.1) is 0 Å². The van der Waals surface area contributed by atoms with Crippen LogP contribution in [0.1, 0.15) is 13.8 Å². The van der Waals surface area contributed by atoms with Gasteiger partial charge in [-0.25, -0.2) is 9.59 Å². The van der Waals surface area contributed by atoms with Gasteiger partial charge in [-0.15, -0.1) is 0 Å². The zero-order chi connectivity index (χ0) is 13.3. The number of hydrogen-bond donors (Lipinski definition) is 3. The lowest BCUT2D eigenvalue weighted by molar-refractivity contribution is -0.134. The molecule has 0 spiro atoms. The molecule has 0 saturated carbocycles. The molecule has 0 aromatic rings. The van der Waals surface area contributed by atoms with Crippen molar-refractivity contribution < 1.29 is 19.8 Å². The summed E-state index contributed by atoms with van der Waals surface area (Å²) >= 11 is 0. The van der Waals surface area contributed by atoms with Crippen molar-refractivity contribution in [1.29, 1.82) is 0 Å². The second-order valence-electron chi connectivity index (χ2n) is 3.89. The summed E-state index contributed by atoms with van der Waals surface area (Å²) in [7, 11) is 0. The smallest absolute Gasteiger partial charge is 0.328 e. The van der Waals surface area contributed by atoms with E-state index in [0.29, 0.717) is 12.2 Å². The second-order valence-corrected chi connectivity index (χ2v) is 3.89. The van der Waals surface area contributed by atoms with E-state index < -0.39 is 11.9 Å². The fraction of sp³-hybridized carbons (Fsp3) is 0.636. The maximum Gasteiger partial charge on any atom is 0.328 e. The van der Waals surface area contributed by atoms with Crippen molar-refractivity contribution in [2.45, 2.75) is 19.9 Å². The lowest BCUT2D eigenvalue weighted by Gasteiger charge is -2.30. The van der Waals surface area contributed by atoms with Gasteiger partial charge in [0.15, 0.2) is 0 Å². The van der Waals surface area contributed by atoms with E-state index in [4.69, 9.17) is 10.2 Å².